The summed E-state index contributed by atoms with van der Waals surface area (Å²) < 4.78 is 0. The van der Waals surface area contributed by atoms with Crippen LogP contribution < -0.4 is 0 Å². The van der Waals surface area contributed by atoms with E-state index in [1.807, 2.05) is 0 Å². The van der Waals surface area contributed by atoms with Gasteiger partial charge in [-0.05, 0) is 45.1 Å². The van der Waals surface area contributed by atoms with Crippen LogP contribution in [0.2, 0.25) is 0 Å². The molecule has 2 atom stereocenters. The highest BCUT2D eigenvalue weighted by Gasteiger charge is 2.41. The Kier molecular flexibility index (Phi) is 3.46. The van der Waals surface area contributed by atoms with Gasteiger partial charge in [0.25, 0.3) is 0 Å². The Morgan fingerprint density at radius 2 is 1.94 bits per heavy atom. The molecule has 3 rings (SSSR count). The maximum atomic E-state index is 11.9. The van der Waals surface area contributed by atoms with Crippen molar-refractivity contribution in [2.75, 3.05) is 13.1 Å². The van der Waals surface area contributed by atoms with Crippen LogP contribution in [-0.4, -0.2) is 40.5 Å². The lowest BCUT2D eigenvalue weighted by Crippen LogP contribution is -2.46. The number of carbonyl (C=O) groups is 1. The second-order valence-corrected chi connectivity index (χ2v) is 6.58. The number of carbonyl (C=O) groups excluding carboxylic acids is 1. The van der Waals surface area contributed by atoms with Crippen molar-refractivity contribution in [3.05, 3.63) is 0 Å². The van der Waals surface area contributed by atoms with Gasteiger partial charge in [-0.1, -0.05) is 12.8 Å². The number of rotatable bonds is 3. The van der Waals surface area contributed by atoms with Gasteiger partial charge >= 0.3 is 0 Å². The van der Waals surface area contributed by atoms with Gasteiger partial charge in [0, 0.05) is 24.9 Å². The number of nitrogens with zero attached hydrogens (tertiary/aromatic N) is 1. The fourth-order valence-corrected chi connectivity index (χ4v) is 4.32. The Balaban J connectivity index is 1.65. The predicted molar refractivity (Wildman–Crippen MR) is 70.4 cm³/mol. The van der Waals surface area contributed by atoms with E-state index < -0.39 is 5.60 Å². The van der Waals surface area contributed by atoms with Crippen LogP contribution in [0.15, 0.2) is 0 Å². The quantitative estimate of drug-likeness (QED) is 0.835. The molecular weight excluding hydrogens is 226 g/mol. The molecule has 2 aliphatic carbocycles. The number of aliphatic hydroxyl groups is 1. The molecule has 0 radical (unpaired) electrons. The van der Waals surface area contributed by atoms with E-state index in [2.05, 4.69) is 4.90 Å². The van der Waals surface area contributed by atoms with Crippen LogP contribution >= 0.6 is 0 Å². The Morgan fingerprint density at radius 1 is 1.17 bits per heavy atom. The molecule has 2 saturated carbocycles. The van der Waals surface area contributed by atoms with Crippen LogP contribution in [0.5, 0.6) is 0 Å². The van der Waals surface area contributed by atoms with Gasteiger partial charge in [-0.15, -0.1) is 0 Å². The molecule has 1 heterocycles. The Hall–Kier alpha value is -0.410. The Bertz CT molecular complexity index is 322. The summed E-state index contributed by atoms with van der Waals surface area (Å²) in [5, 5.41) is 10.6. The van der Waals surface area contributed by atoms with Crippen molar-refractivity contribution < 1.29 is 9.90 Å². The van der Waals surface area contributed by atoms with Crippen molar-refractivity contribution in [1.29, 1.82) is 0 Å². The van der Waals surface area contributed by atoms with Gasteiger partial charge in [0.15, 0.2) is 0 Å². The lowest BCUT2D eigenvalue weighted by atomic mass is 9.93. The van der Waals surface area contributed by atoms with Gasteiger partial charge in [-0.25, -0.2) is 0 Å². The fraction of sp³-hybridized carbons (Fsp3) is 0.933. The van der Waals surface area contributed by atoms with E-state index in [0.29, 0.717) is 11.8 Å². The van der Waals surface area contributed by atoms with Crippen LogP contribution in [0, 0.1) is 5.92 Å². The zero-order valence-electron chi connectivity index (χ0n) is 11.2. The normalized spacial score (nSPS) is 36.6. The lowest BCUT2D eigenvalue weighted by molar-refractivity contribution is -0.122. The number of ketones is 1. The minimum atomic E-state index is -0.454. The van der Waals surface area contributed by atoms with Crippen molar-refractivity contribution in [2.24, 2.45) is 5.92 Å². The van der Waals surface area contributed by atoms with E-state index in [0.717, 1.165) is 64.5 Å². The van der Waals surface area contributed by atoms with Crippen LogP contribution in [0.1, 0.15) is 57.8 Å². The molecule has 0 amide bonds. The summed E-state index contributed by atoms with van der Waals surface area (Å²) in [4.78, 5) is 14.4. The first-order valence-electron chi connectivity index (χ1n) is 7.67. The second-order valence-electron chi connectivity index (χ2n) is 6.58. The molecule has 2 unspecified atom stereocenters. The van der Waals surface area contributed by atoms with Crippen LogP contribution in [0.4, 0.5) is 0 Å². The minimum absolute atomic E-state index is 0.275. The van der Waals surface area contributed by atoms with Gasteiger partial charge in [0.2, 0.25) is 0 Å². The minimum Gasteiger partial charge on any atom is -0.389 e. The zero-order valence-corrected chi connectivity index (χ0v) is 11.2. The number of hydrogen-bond acceptors (Lipinski definition) is 3. The largest absolute Gasteiger partial charge is 0.389 e. The molecule has 0 bridgehead atoms. The van der Waals surface area contributed by atoms with Gasteiger partial charge in [0.1, 0.15) is 5.78 Å². The standard InChI is InChI=1S/C15H25NO2/c17-14-7-3-5-12(14)13-6-4-10-16(13)11-15(18)8-1-2-9-15/h12-13,18H,1-11H2. The average molecular weight is 251 g/mol. The van der Waals surface area contributed by atoms with Gasteiger partial charge in [0.05, 0.1) is 5.60 Å². The molecule has 0 aromatic heterocycles. The third-order valence-electron chi connectivity index (χ3n) is 5.26. The smallest absolute Gasteiger partial charge is 0.137 e. The molecule has 0 spiro atoms. The van der Waals surface area contributed by atoms with Gasteiger partial charge in [-0.3, -0.25) is 9.69 Å². The molecular formula is C15H25NO2. The molecule has 0 aromatic carbocycles. The monoisotopic (exact) mass is 251 g/mol. The molecule has 18 heavy (non-hydrogen) atoms. The fourth-order valence-electron chi connectivity index (χ4n) is 4.32. The first kappa shape index (κ1) is 12.6. The molecule has 0 aromatic rings. The van der Waals surface area contributed by atoms with Crippen molar-refractivity contribution >= 4 is 5.78 Å². The predicted octanol–water partition coefficient (Wildman–Crippen LogP) is 2.13. The molecule has 1 N–H and O–H groups in total. The SMILES string of the molecule is O=C1CCCC1C1CCCN1CC1(O)CCCC1. The summed E-state index contributed by atoms with van der Waals surface area (Å²) in [6, 6.07) is 0.435. The molecule has 3 aliphatic rings. The van der Waals surface area contributed by atoms with E-state index in [1.54, 1.807) is 0 Å². The Labute approximate surface area is 110 Å². The molecule has 3 nitrogen and oxygen atoms in total. The Morgan fingerprint density at radius 3 is 2.61 bits per heavy atom. The van der Waals surface area contributed by atoms with Crippen molar-refractivity contribution in [3.63, 3.8) is 0 Å². The zero-order chi connectivity index (χ0) is 12.6. The number of likely N-dealkylation sites (tertiary alicyclic amines) is 1. The van der Waals surface area contributed by atoms with E-state index >= 15 is 0 Å². The topological polar surface area (TPSA) is 40.5 Å². The summed E-state index contributed by atoms with van der Waals surface area (Å²) in [5.41, 5.74) is -0.454. The molecule has 3 fully saturated rings. The summed E-state index contributed by atoms with van der Waals surface area (Å²) in [7, 11) is 0. The third kappa shape index (κ3) is 2.35. The van der Waals surface area contributed by atoms with Crippen molar-refractivity contribution in [2.45, 2.75) is 69.4 Å². The molecule has 102 valence electrons. The van der Waals surface area contributed by atoms with Crippen molar-refractivity contribution in [1.82, 2.24) is 4.90 Å². The third-order valence-corrected chi connectivity index (χ3v) is 5.26. The lowest BCUT2D eigenvalue weighted by Gasteiger charge is -2.34. The summed E-state index contributed by atoms with van der Waals surface area (Å²) >= 11 is 0. The van der Waals surface area contributed by atoms with Crippen molar-refractivity contribution in [3.8, 4) is 0 Å². The molecule has 1 aliphatic heterocycles. The van der Waals surface area contributed by atoms with Gasteiger partial charge in [-0.2, -0.15) is 0 Å². The van der Waals surface area contributed by atoms with Crippen LogP contribution in [-0.2, 0) is 4.79 Å². The van der Waals surface area contributed by atoms with E-state index in [1.165, 1.54) is 6.42 Å². The van der Waals surface area contributed by atoms with E-state index in [-0.39, 0.29) is 5.92 Å². The summed E-state index contributed by atoms with van der Waals surface area (Å²) in [6.45, 7) is 1.89. The molecule has 1 saturated heterocycles. The highest BCUT2D eigenvalue weighted by molar-refractivity contribution is 5.83. The van der Waals surface area contributed by atoms with Gasteiger partial charge < -0.3 is 5.11 Å². The highest BCUT2D eigenvalue weighted by atomic mass is 16.3. The molecule has 3 heteroatoms. The van der Waals surface area contributed by atoms with E-state index in [9.17, 15) is 9.90 Å². The maximum Gasteiger partial charge on any atom is 0.137 e. The number of Topliss-reactive ketones (excluding diaryl/α,β-unsaturated/α-hetero) is 1. The first-order valence-corrected chi connectivity index (χ1v) is 7.67. The average Bonchev–Trinajstić information content (AvgIpc) is 3.01. The van der Waals surface area contributed by atoms with Crippen LogP contribution in [0.25, 0.3) is 0 Å². The summed E-state index contributed by atoms with van der Waals surface area (Å²) in [5.74, 6) is 0.753. The van der Waals surface area contributed by atoms with E-state index in [4.69, 9.17) is 0 Å². The second kappa shape index (κ2) is 4.93. The number of hydrogen-bond donors (Lipinski definition) is 1. The van der Waals surface area contributed by atoms with Crippen LogP contribution in [0.3, 0.4) is 0 Å². The summed E-state index contributed by atoms with van der Waals surface area (Å²) in [6.07, 6.45) is 9.55. The number of β-amino-alcohol motifs (C(OH)–C–C–N with tert-alkyl or cyclic N) is 1. The highest BCUT2D eigenvalue weighted by Crippen LogP contribution is 2.37. The maximum absolute atomic E-state index is 11.9. The first-order chi connectivity index (χ1) is 8.68.